The number of rotatable bonds is 3. The summed E-state index contributed by atoms with van der Waals surface area (Å²) in [6.45, 7) is 0. The van der Waals surface area contributed by atoms with Crippen molar-refractivity contribution >= 4 is 74.6 Å². The SMILES string of the molecule is c1ccc(-c2ccc(-c3c4ccccc4c(-c4cccc5sc6cc7ccccc7cc6c45)c4ccccc34)c3ccccc23)cc1. The van der Waals surface area contributed by atoms with Gasteiger partial charge in [-0.3, -0.25) is 0 Å². The first-order valence-corrected chi connectivity index (χ1v) is 17.0. The van der Waals surface area contributed by atoms with E-state index in [0.29, 0.717) is 0 Å². The summed E-state index contributed by atoms with van der Waals surface area (Å²) < 4.78 is 2.66. The first kappa shape index (κ1) is 26.5. The van der Waals surface area contributed by atoms with Gasteiger partial charge < -0.3 is 0 Å². The molecule has 0 saturated heterocycles. The standard InChI is InChI=1S/C46H28S/c1-2-13-29(14-3-1)32-25-26-39(34-18-7-6-17-33(32)34)44-35-19-8-10-21-37(35)45(38-22-11-9-20-36(38)44)40-23-12-24-42-46(40)41-27-30-15-4-5-16-31(30)28-43(41)47-42/h1-28H. The molecule has 10 rings (SSSR count). The third-order valence-electron chi connectivity index (χ3n) is 9.84. The molecule has 218 valence electrons. The van der Waals surface area contributed by atoms with E-state index < -0.39 is 0 Å². The maximum Gasteiger partial charge on any atom is 0.0362 e. The molecule has 0 radical (unpaired) electrons. The Morgan fingerprint density at radius 2 is 0.809 bits per heavy atom. The third-order valence-corrected chi connectivity index (χ3v) is 11.0. The number of benzene rings is 9. The minimum absolute atomic E-state index is 1.24. The van der Waals surface area contributed by atoms with Crippen molar-refractivity contribution in [3.05, 3.63) is 170 Å². The number of hydrogen-bond donors (Lipinski definition) is 0. The first-order chi connectivity index (χ1) is 23.3. The van der Waals surface area contributed by atoms with E-state index >= 15 is 0 Å². The van der Waals surface area contributed by atoms with Gasteiger partial charge in [0.1, 0.15) is 0 Å². The number of fused-ring (bicyclic) bond motifs is 7. The van der Waals surface area contributed by atoms with Gasteiger partial charge >= 0.3 is 0 Å². The molecule has 1 heterocycles. The molecule has 0 amide bonds. The molecule has 47 heavy (non-hydrogen) atoms. The highest BCUT2D eigenvalue weighted by Gasteiger charge is 2.21. The molecule has 1 aromatic heterocycles. The summed E-state index contributed by atoms with van der Waals surface area (Å²) in [6, 6.07) is 62.7. The van der Waals surface area contributed by atoms with Gasteiger partial charge in [-0.25, -0.2) is 0 Å². The summed E-state index contributed by atoms with van der Waals surface area (Å²) in [5.74, 6) is 0. The van der Waals surface area contributed by atoms with Gasteiger partial charge in [-0.15, -0.1) is 11.3 Å². The molecule has 0 unspecified atom stereocenters. The van der Waals surface area contributed by atoms with E-state index in [1.807, 2.05) is 11.3 Å². The lowest BCUT2D eigenvalue weighted by molar-refractivity contribution is 1.64. The van der Waals surface area contributed by atoms with E-state index in [9.17, 15) is 0 Å². The van der Waals surface area contributed by atoms with Gasteiger partial charge in [0.15, 0.2) is 0 Å². The van der Waals surface area contributed by atoms with Crippen LogP contribution in [0.3, 0.4) is 0 Å². The molecule has 0 bridgehead atoms. The predicted molar refractivity (Wildman–Crippen MR) is 206 cm³/mol. The summed E-state index contributed by atoms with van der Waals surface area (Å²) in [5.41, 5.74) is 7.67. The Bertz CT molecular complexity index is 2780. The lowest BCUT2D eigenvalue weighted by Crippen LogP contribution is -1.92. The monoisotopic (exact) mass is 612 g/mol. The zero-order chi connectivity index (χ0) is 30.9. The molecule has 9 aromatic carbocycles. The van der Waals surface area contributed by atoms with Crippen LogP contribution >= 0.6 is 11.3 Å². The Balaban J connectivity index is 1.32. The van der Waals surface area contributed by atoms with Gasteiger partial charge in [0.05, 0.1) is 0 Å². The highest BCUT2D eigenvalue weighted by molar-refractivity contribution is 7.26. The van der Waals surface area contributed by atoms with Crippen LogP contribution < -0.4 is 0 Å². The zero-order valence-electron chi connectivity index (χ0n) is 25.6. The van der Waals surface area contributed by atoms with Gasteiger partial charge in [0, 0.05) is 20.2 Å². The van der Waals surface area contributed by atoms with Crippen LogP contribution in [-0.4, -0.2) is 0 Å². The normalized spacial score (nSPS) is 11.8. The molecule has 0 aliphatic rings. The second kappa shape index (κ2) is 10.4. The summed E-state index contributed by atoms with van der Waals surface area (Å²) in [6.07, 6.45) is 0. The Kier molecular flexibility index (Phi) is 5.85. The van der Waals surface area contributed by atoms with Gasteiger partial charge in [-0.05, 0) is 94.7 Å². The molecule has 0 spiro atoms. The van der Waals surface area contributed by atoms with Crippen LogP contribution in [0.1, 0.15) is 0 Å². The minimum atomic E-state index is 1.24. The van der Waals surface area contributed by atoms with Crippen molar-refractivity contribution in [3.63, 3.8) is 0 Å². The van der Waals surface area contributed by atoms with Gasteiger partial charge in [-0.2, -0.15) is 0 Å². The lowest BCUT2D eigenvalue weighted by atomic mass is 9.83. The fourth-order valence-corrected chi connectivity index (χ4v) is 8.98. The summed E-state index contributed by atoms with van der Waals surface area (Å²) >= 11 is 1.90. The van der Waals surface area contributed by atoms with Gasteiger partial charge in [0.2, 0.25) is 0 Å². The van der Waals surface area contributed by atoms with E-state index in [0.717, 1.165) is 0 Å². The molecule has 0 aliphatic heterocycles. The zero-order valence-corrected chi connectivity index (χ0v) is 26.4. The van der Waals surface area contributed by atoms with E-state index in [2.05, 4.69) is 170 Å². The van der Waals surface area contributed by atoms with Gasteiger partial charge in [-0.1, -0.05) is 152 Å². The molecule has 0 N–H and O–H groups in total. The molecular weight excluding hydrogens is 585 g/mol. The Labute approximate surface area is 276 Å². The van der Waals surface area contributed by atoms with E-state index in [-0.39, 0.29) is 0 Å². The van der Waals surface area contributed by atoms with Crippen LogP contribution in [0, 0.1) is 0 Å². The summed E-state index contributed by atoms with van der Waals surface area (Å²) in [7, 11) is 0. The highest BCUT2D eigenvalue weighted by atomic mass is 32.1. The van der Waals surface area contributed by atoms with Crippen molar-refractivity contribution in [2.45, 2.75) is 0 Å². The average molecular weight is 613 g/mol. The predicted octanol–water partition coefficient (Wildman–Crippen LogP) is 13.7. The molecule has 0 saturated carbocycles. The number of thiophene rings is 1. The molecule has 1 heteroatoms. The molecule has 0 nitrogen and oxygen atoms in total. The molecule has 0 atom stereocenters. The molecular formula is C46H28S. The van der Waals surface area contributed by atoms with Crippen molar-refractivity contribution in [2.75, 3.05) is 0 Å². The van der Waals surface area contributed by atoms with Crippen LogP contribution in [0.4, 0.5) is 0 Å². The maximum absolute atomic E-state index is 2.40. The average Bonchev–Trinajstić information content (AvgIpc) is 3.50. The fraction of sp³-hybridized carbons (Fsp3) is 0. The van der Waals surface area contributed by atoms with Gasteiger partial charge in [0.25, 0.3) is 0 Å². The van der Waals surface area contributed by atoms with Crippen molar-refractivity contribution in [1.29, 1.82) is 0 Å². The second-order valence-corrected chi connectivity index (χ2v) is 13.5. The molecule has 0 aliphatic carbocycles. The van der Waals surface area contributed by atoms with Crippen LogP contribution in [-0.2, 0) is 0 Å². The van der Waals surface area contributed by atoms with Crippen LogP contribution in [0.15, 0.2) is 170 Å². The highest BCUT2D eigenvalue weighted by Crippen LogP contribution is 2.49. The topological polar surface area (TPSA) is 0 Å². The first-order valence-electron chi connectivity index (χ1n) is 16.2. The van der Waals surface area contributed by atoms with Crippen molar-refractivity contribution < 1.29 is 0 Å². The summed E-state index contributed by atoms with van der Waals surface area (Å²) in [5, 5.41) is 12.9. The van der Waals surface area contributed by atoms with Crippen LogP contribution in [0.5, 0.6) is 0 Å². The Morgan fingerprint density at radius 1 is 0.298 bits per heavy atom. The van der Waals surface area contributed by atoms with E-state index in [1.165, 1.54) is 96.6 Å². The Hall–Kier alpha value is -5.76. The third kappa shape index (κ3) is 4.00. The fourth-order valence-electron chi connectivity index (χ4n) is 7.82. The second-order valence-electron chi connectivity index (χ2n) is 12.4. The van der Waals surface area contributed by atoms with Crippen molar-refractivity contribution in [1.82, 2.24) is 0 Å². The van der Waals surface area contributed by atoms with Crippen LogP contribution in [0.25, 0.3) is 96.6 Å². The van der Waals surface area contributed by atoms with Crippen molar-refractivity contribution in [3.8, 4) is 33.4 Å². The largest absolute Gasteiger partial charge is 0.135 e. The minimum Gasteiger partial charge on any atom is -0.135 e. The number of hydrogen-bond acceptors (Lipinski definition) is 1. The lowest BCUT2D eigenvalue weighted by Gasteiger charge is -2.20. The molecule has 0 fully saturated rings. The smallest absolute Gasteiger partial charge is 0.0362 e. The molecule has 10 aromatic rings. The maximum atomic E-state index is 2.40. The van der Waals surface area contributed by atoms with Crippen LogP contribution in [0.2, 0.25) is 0 Å². The van der Waals surface area contributed by atoms with Crippen molar-refractivity contribution in [2.24, 2.45) is 0 Å². The van der Waals surface area contributed by atoms with E-state index in [4.69, 9.17) is 0 Å². The summed E-state index contributed by atoms with van der Waals surface area (Å²) in [4.78, 5) is 0. The quantitative estimate of drug-likeness (QED) is 0.174. The van der Waals surface area contributed by atoms with E-state index in [1.54, 1.807) is 0 Å². The Morgan fingerprint density at radius 3 is 1.47 bits per heavy atom.